The molecular formula is C21H23FN4O2. The SMILES string of the molecule is Cc1ccc(-c2noc([C@H](C)N3CCN(c4ccc(O)cc4)CC3)n2)cc1F. The van der Waals surface area contributed by atoms with Crippen LogP contribution in [0.1, 0.15) is 24.4 Å². The summed E-state index contributed by atoms with van der Waals surface area (Å²) >= 11 is 0. The van der Waals surface area contributed by atoms with Crippen LogP contribution in [0.3, 0.4) is 0 Å². The van der Waals surface area contributed by atoms with Crippen LogP contribution in [-0.2, 0) is 0 Å². The van der Waals surface area contributed by atoms with Gasteiger partial charge in [-0.3, -0.25) is 4.90 Å². The number of halogens is 1. The fourth-order valence-electron chi connectivity index (χ4n) is 3.44. The molecule has 6 nitrogen and oxygen atoms in total. The van der Waals surface area contributed by atoms with E-state index in [1.165, 1.54) is 6.07 Å². The summed E-state index contributed by atoms with van der Waals surface area (Å²) in [7, 11) is 0. The van der Waals surface area contributed by atoms with Crippen molar-refractivity contribution in [1.29, 1.82) is 0 Å². The van der Waals surface area contributed by atoms with Gasteiger partial charge in [-0.15, -0.1) is 0 Å². The predicted molar refractivity (Wildman–Crippen MR) is 105 cm³/mol. The molecular weight excluding hydrogens is 359 g/mol. The van der Waals surface area contributed by atoms with E-state index in [1.54, 1.807) is 31.2 Å². The van der Waals surface area contributed by atoms with Gasteiger partial charge in [-0.2, -0.15) is 4.98 Å². The lowest BCUT2D eigenvalue weighted by Crippen LogP contribution is -2.47. The summed E-state index contributed by atoms with van der Waals surface area (Å²) in [6, 6.07) is 12.2. The van der Waals surface area contributed by atoms with Crippen LogP contribution in [0.2, 0.25) is 0 Å². The van der Waals surface area contributed by atoms with Crippen LogP contribution in [0.5, 0.6) is 5.75 Å². The molecule has 7 heteroatoms. The van der Waals surface area contributed by atoms with Crippen molar-refractivity contribution in [3.63, 3.8) is 0 Å². The lowest BCUT2D eigenvalue weighted by Gasteiger charge is -2.38. The first kappa shape index (κ1) is 18.4. The van der Waals surface area contributed by atoms with E-state index in [9.17, 15) is 9.50 Å². The Bertz CT molecular complexity index is 949. The highest BCUT2D eigenvalue weighted by molar-refractivity contribution is 5.55. The van der Waals surface area contributed by atoms with Gasteiger partial charge in [0.15, 0.2) is 0 Å². The van der Waals surface area contributed by atoms with Gasteiger partial charge in [0.25, 0.3) is 0 Å². The number of rotatable bonds is 4. The van der Waals surface area contributed by atoms with Gasteiger partial charge in [0.05, 0.1) is 6.04 Å². The highest BCUT2D eigenvalue weighted by Crippen LogP contribution is 2.26. The van der Waals surface area contributed by atoms with Crippen LogP contribution >= 0.6 is 0 Å². The summed E-state index contributed by atoms with van der Waals surface area (Å²) in [4.78, 5) is 9.07. The van der Waals surface area contributed by atoms with Crippen LogP contribution in [0.15, 0.2) is 47.0 Å². The van der Waals surface area contributed by atoms with Gasteiger partial charge in [-0.25, -0.2) is 4.39 Å². The third-order valence-corrected chi connectivity index (χ3v) is 5.31. The molecule has 0 unspecified atom stereocenters. The molecule has 146 valence electrons. The van der Waals surface area contributed by atoms with E-state index in [1.807, 2.05) is 19.1 Å². The second-order valence-corrected chi connectivity index (χ2v) is 7.14. The Morgan fingerprint density at radius 1 is 1.07 bits per heavy atom. The summed E-state index contributed by atoms with van der Waals surface area (Å²) < 4.78 is 19.3. The molecule has 0 amide bonds. The van der Waals surface area contributed by atoms with Crippen LogP contribution < -0.4 is 4.90 Å². The Balaban J connectivity index is 1.41. The maximum Gasteiger partial charge on any atom is 0.244 e. The number of hydrogen-bond donors (Lipinski definition) is 1. The monoisotopic (exact) mass is 382 g/mol. The first-order valence-electron chi connectivity index (χ1n) is 9.39. The molecule has 1 saturated heterocycles. The molecule has 2 heterocycles. The van der Waals surface area contributed by atoms with Gasteiger partial charge in [0, 0.05) is 37.4 Å². The highest BCUT2D eigenvalue weighted by atomic mass is 19.1. The molecule has 1 atom stereocenters. The van der Waals surface area contributed by atoms with Crippen molar-refractivity contribution in [3.8, 4) is 17.1 Å². The van der Waals surface area contributed by atoms with Crippen LogP contribution in [-0.4, -0.2) is 46.3 Å². The Hall–Kier alpha value is -2.93. The summed E-state index contributed by atoms with van der Waals surface area (Å²) in [6.45, 7) is 7.24. The number of phenolic OH excluding ortho intramolecular Hbond substituents is 1. The zero-order valence-electron chi connectivity index (χ0n) is 16.0. The van der Waals surface area contributed by atoms with E-state index in [0.717, 1.165) is 31.9 Å². The van der Waals surface area contributed by atoms with Crippen molar-refractivity contribution < 1.29 is 14.0 Å². The van der Waals surface area contributed by atoms with Crippen LogP contribution in [0, 0.1) is 12.7 Å². The van der Waals surface area contributed by atoms with Crippen molar-refractivity contribution in [2.75, 3.05) is 31.1 Å². The van der Waals surface area contributed by atoms with E-state index >= 15 is 0 Å². The van der Waals surface area contributed by atoms with E-state index < -0.39 is 0 Å². The quantitative estimate of drug-likeness (QED) is 0.741. The van der Waals surface area contributed by atoms with Crippen molar-refractivity contribution in [3.05, 3.63) is 59.7 Å². The largest absolute Gasteiger partial charge is 0.508 e. The first-order chi connectivity index (χ1) is 13.5. The van der Waals surface area contributed by atoms with Crippen LogP contribution in [0.4, 0.5) is 10.1 Å². The first-order valence-corrected chi connectivity index (χ1v) is 9.39. The molecule has 1 N–H and O–H groups in total. The number of aromatic nitrogens is 2. The molecule has 1 aromatic heterocycles. The lowest BCUT2D eigenvalue weighted by atomic mass is 10.1. The molecule has 1 aliphatic heterocycles. The number of aromatic hydroxyl groups is 1. The molecule has 4 rings (SSSR count). The topological polar surface area (TPSA) is 65.6 Å². The number of hydrogen-bond acceptors (Lipinski definition) is 6. The van der Waals surface area contributed by atoms with Crippen molar-refractivity contribution in [2.24, 2.45) is 0 Å². The Kier molecular flexibility index (Phi) is 5.00. The zero-order valence-corrected chi connectivity index (χ0v) is 16.0. The zero-order chi connectivity index (χ0) is 19.7. The van der Waals surface area contributed by atoms with E-state index in [2.05, 4.69) is 19.9 Å². The van der Waals surface area contributed by atoms with Gasteiger partial charge < -0.3 is 14.5 Å². The average Bonchev–Trinajstić information content (AvgIpc) is 3.20. The third kappa shape index (κ3) is 3.71. The number of benzene rings is 2. The number of aryl methyl sites for hydroxylation is 1. The molecule has 3 aromatic rings. The van der Waals surface area contributed by atoms with E-state index in [-0.39, 0.29) is 17.6 Å². The minimum atomic E-state index is -0.276. The van der Waals surface area contributed by atoms with E-state index in [0.29, 0.717) is 22.8 Å². The average molecular weight is 382 g/mol. The van der Waals surface area contributed by atoms with Gasteiger partial charge in [0.1, 0.15) is 11.6 Å². The van der Waals surface area contributed by atoms with Gasteiger partial charge in [-0.1, -0.05) is 17.3 Å². The van der Waals surface area contributed by atoms with Gasteiger partial charge in [-0.05, 0) is 49.7 Å². The Labute approximate surface area is 163 Å². The molecule has 0 radical (unpaired) electrons. The maximum atomic E-state index is 13.8. The molecule has 1 fully saturated rings. The van der Waals surface area contributed by atoms with Crippen molar-refractivity contribution >= 4 is 5.69 Å². The molecule has 0 spiro atoms. The number of phenols is 1. The molecule has 0 aliphatic carbocycles. The van der Waals surface area contributed by atoms with Gasteiger partial charge >= 0.3 is 0 Å². The van der Waals surface area contributed by atoms with Crippen molar-refractivity contribution in [2.45, 2.75) is 19.9 Å². The third-order valence-electron chi connectivity index (χ3n) is 5.31. The minimum absolute atomic E-state index is 0.0153. The highest BCUT2D eigenvalue weighted by Gasteiger charge is 2.26. The normalized spacial score (nSPS) is 16.3. The van der Waals surface area contributed by atoms with Crippen molar-refractivity contribution in [1.82, 2.24) is 15.0 Å². The minimum Gasteiger partial charge on any atom is -0.508 e. The van der Waals surface area contributed by atoms with E-state index in [4.69, 9.17) is 4.52 Å². The molecule has 28 heavy (non-hydrogen) atoms. The second-order valence-electron chi connectivity index (χ2n) is 7.14. The fourth-order valence-corrected chi connectivity index (χ4v) is 3.44. The van der Waals surface area contributed by atoms with Gasteiger partial charge in [0.2, 0.25) is 11.7 Å². The smallest absolute Gasteiger partial charge is 0.244 e. The second kappa shape index (κ2) is 7.59. The summed E-state index contributed by atoms with van der Waals surface area (Å²) in [5, 5.41) is 13.5. The summed E-state index contributed by atoms with van der Waals surface area (Å²) in [5.41, 5.74) is 2.31. The summed E-state index contributed by atoms with van der Waals surface area (Å²) in [6.07, 6.45) is 0. The number of anilines is 1. The molecule has 1 aliphatic rings. The number of nitrogens with zero attached hydrogens (tertiary/aromatic N) is 4. The predicted octanol–water partition coefficient (Wildman–Crippen LogP) is 3.77. The van der Waals surface area contributed by atoms with Crippen LogP contribution in [0.25, 0.3) is 11.4 Å². The standard InChI is InChI=1S/C21H23FN4O2/c1-14-3-4-16(13-19(14)22)20-23-21(28-24-20)15(2)25-9-11-26(12-10-25)17-5-7-18(27)8-6-17/h3-8,13,15,27H,9-12H2,1-2H3/t15-/m0/s1. The Morgan fingerprint density at radius 3 is 2.46 bits per heavy atom. The summed E-state index contributed by atoms with van der Waals surface area (Å²) in [5.74, 6) is 0.941. The maximum absolute atomic E-state index is 13.8. The Morgan fingerprint density at radius 2 is 1.79 bits per heavy atom. The number of piperazine rings is 1. The lowest BCUT2D eigenvalue weighted by molar-refractivity contribution is 0.164. The fraction of sp³-hybridized carbons (Fsp3) is 0.333. The molecule has 0 saturated carbocycles. The molecule has 2 aromatic carbocycles. The molecule has 0 bridgehead atoms.